The van der Waals surface area contributed by atoms with Crippen LogP contribution in [0.2, 0.25) is 10.0 Å². The molecular formula is C23H20Cl2N2O2S. The van der Waals surface area contributed by atoms with Gasteiger partial charge in [0.25, 0.3) is 5.91 Å². The molecule has 0 radical (unpaired) electrons. The van der Waals surface area contributed by atoms with Crippen molar-refractivity contribution >= 4 is 46.4 Å². The van der Waals surface area contributed by atoms with E-state index in [1.54, 1.807) is 42.5 Å². The number of carbonyl (C=O) groups excluding carboxylic acids is 1. The molecular weight excluding hydrogens is 439 g/mol. The topological polar surface area (TPSA) is 50.4 Å². The lowest BCUT2D eigenvalue weighted by Gasteiger charge is -2.11. The Balaban J connectivity index is 1.45. The third-order valence-electron chi connectivity index (χ3n) is 4.30. The molecule has 0 spiro atoms. The van der Waals surface area contributed by atoms with Crippen LogP contribution in [0.5, 0.6) is 5.75 Å². The van der Waals surface area contributed by atoms with Crippen molar-refractivity contribution in [3.63, 3.8) is 0 Å². The summed E-state index contributed by atoms with van der Waals surface area (Å²) < 4.78 is 5.74. The molecule has 154 valence electrons. The molecule has 30 heavy (non-hydrogen) atoms. The van der Waals surface area contributed by atoms with E-state index in [-0.39, 0.29) is 11.0 Å². The number of rotatable bonds is 7. The van der Waals surface area contributed by atoms with Gasteiger partial charge in [0, 0.05) is 28.6 Å². The molecule has 0 aliphatic heterocycles. The Morgan fingerprint density at radius 2 is 1.70 bits per heavy atom. The standard InChI is InChI=1S/C23H20Cl2N2O2S/c24-19-9-6-18(21(25)14-19)15-26-23(30)27-22(28)17-7-10-20(11-8-17)29-13-12-16-4-2-1-3-5-16/h1-11,14H,12-13,15H2,(H2,26,27,28,30). The molecule has 0 saturated carbocycles. The van der Waals surface area contributed by atoms with E-state index in [4.69, 9.17) is 40.2 Å². The Hall–Kier alpha value is -2.60. The Morgan fingerprint density at radius 3 is 2.40 bits per heavy atom. The molecule has 3 aromatic carbocycles. The van der Waals surface area contributed by atoms with Crippen LogP contribution < -0.4 is 15.4 Å². The molecule has 3 aromatic rings. The first-order valence-corrected chi connectivity index (χ1v) is 10.5. The highest BCUT2D eigenvalue weighted by molar-refractivity contribution is 7.80. The lowest BCUT2D eigenvalue weighted by Crippen LogP contribution is -2.38. The fourth-order valence-electron chi connectivity index (χ4n) is 2.69. The van der Waals surface area contributed by atoms with Crippen molar-refractivity contribution in [1.29, 1.82) is 0 Å². The number of thiocarbonyl (C=S) groups is 1. The first-order chi connectivity index (χ1) is 14.5. The fourth-order valence-corrected chi connectivity index (χ4v) is 3.33. The molecule has 0 fully saturated rings. The zero-order valence-electron chi connectivity index (χ0n) is 16.0. The van der Waals surface area contributed by atoms with Gasteiger partial charge in [0.05, 0.1) is 6.61 Å². The number of halogens is 2. The third-order valence-corrected chi connectivity index (χ3v) is 5.13. The van der Waals surface area contributed by atoms with Crippen molar-refractivity contribution in [2.75, 3.05) is 6.61 Å². The minimum Gasteiger partial charge on any atom is -0.493 e. The normalized spacial score (nSPS) is 10.3. The molecule has 2 N–H and O–H groups in total. The number of carbonyl (C=O) groups is 1. The van der Waals surface area contributed by atoms with Crippen LogP contribution >= 0.6 is 35.4 Å². The van der Waals surface area contributed by atoms with Gasteiger partial charge in [-0.15, -0.1) is 0 Å². The van der Waals surface area contributed by atoms with Crippen LogP contribution in [0, 0.1) is 0 Å². The molecule has 0 aromatic heterocycles. The average Bonchev–Trinajstić information content (AvgIpc) is 2.74. The molecule has 0 atom stereocenters. The summed E-state index contributed by atoms with van der Waals surface area (Å²) in [6, 6.07) is 22.3. The van der Waals surface area contributed by atoms with Crippen molar-refractivity contribution in [3.05, 3.63) is 99.5 Å². The Kier molecular flexibility index (Phi) is 8.08. The van der Waals surface area contributed by atoms with Crippen molar-refractivity contribution in [1.82, 2.24) is 10.6 Å². The largest absolute Gasteiger partial charge is 0.493 e. The van der Waals surface area contributed by atoms with Gasteiger partial charge in [-0.3, -0.25) is 10.1 Å². The summed E-state index contributed by atoms with van der Waals surface area (Å²) in [5.41, 5.74) is 2.53. The molecule has 0 heterocycles. The number of benzene rings is 3. The van der Waals surface area contributed by atoms with Gasteiger partial charge in [-0.1, -0.05) is 59.6 Å². The maximum Gasteiger partial charge on any atom is 0.257 e. The Morgan fingerprint density at radius 1 is 0.967 bits per heavy atom. The Bertz CT molecular complexity index is 1010. The van der Waals surface area contributed by atoms with Gasteiger partial charge in [0.2, 0.25) is 0 Å². The second-order valence-electron chi connectivity index (χ2n) is 6.48. The van der Waals surface area contributed by atoms with Crippen LogP contribution in [0.4, 0.5) is 0 Å². The van der Waals surface area contributed by atoms with Crippen LogP contribution in [0.25, 0.3) is 0 Å². The number of hydrogen-bond donors (Lipinski definition) is 2. The Labute approximate surface area is 191 Å². The van der Waals surface area contributed by atoms with Gasteiger partial charge >= 0.3 is 0 Å². The van der Waals surface area contributed by atoms with Crippen LogP contribution in [-0.2, 0) is 13.0 Å². The quantitative estimate of drug-likeness (QED) is 0.464. The third kappa shape index (κ3) is 6.73. The van der Waals surface area contributed by atoms with E-state index in [0.717, 1.165) is 12.0 Å². The van der Waals surface area contributed by atoms with Gasteiger partial charge in [0.15, 0.2) is 5.11 Å². The van der Waals surface area contributed by atoms with Gasteiger partial charge in [0.1, 0.15) is 5.75 Å². The number of hydrogen-bond acceptors (Lipinski definition) is 3. The fraction of sp³-hybridized carbons (Fsp3) is 0.130. The van der Waals surface area contributed by atoms with Crippen molar-refractivity contribution < 1.29 is 9.53 Å². The lowest BCUT2D eigenvalue weighted by atomic mass is 10.2. The molecule has 0 bridgehead atoms. The SMILES string of the molecule is O=C(NC(=S)NCc1ccc(Cl)cc1Cl)c1ccc(OCCc2ccccc2)cc1. The molecule has 0 aliphatic rings. The summed E-state index contributed by atoms with van der Waals surface area (Å²) in [5.74, 6) is 0.408. The number of nitrogens with one attached hydrogen (secondary N) is 2. The zero-order chi connectivity index (χ0) is 21.3. The van der Waals surface area contributed by atoms with Crippen LogP contribution in [0.15, 0.2) is 72.8 Å². The van der Waals surface area contributed by atoms with Crippen molar-refractivity contribution in [3.8, 4) is 5.75 Å². The first kappa shape index (κ1) is 22.1. The number of amides is 1. The summed E-state index contributed by atoms with van der Waals surface area (Å²) in [7, 11) is 0. The zero-order valence-corrected chi connectivity index (χ0v) is 18.4. The van der Waals surface area contributed by atoms with E-state index in [2.05, 4.69) is 22.8 Å². The van der Waals surface area contributed by atoms with Gasteiger partial charge in [-0.05, 0) is 59.7 Å². The molecule has 0 aliphatic carbocycles. The summed E-state index contributed by atoms with van der Waals surface area (Å²) >= 11 is 17.2. The van der Waals surface area contributed by atoms with Crippen LogP contribution in [0.1, 0.15) is 21.5 Å². The maximum absolute atomic E-state index is 12.4. The monoisotopic (exact) mass is 458 g/mol. The summed E-state index contributed by atoms with van der Waals surface area (Å²) in [6.07, 6.45) is 0.820. The second-order valence-corrected chi connectivity index (χ2v) is 7.73. The highest BCUT2D eigenvalue weighted by Gasteiger charge is 2.09. The minimum atomic E-state index is -0.300. The highest BCUT2D eigenvalue weighted by atomic mass is 35.5. The van der Waals surface area contributed by atoms with Crippen molar-refractivity contribution in [2.24, 2.45) is 0 Å². The molecule has 3 rings (SSSR count). The minimum absolute atomic E-state index is 0.217. The van der Waals surface area contributed by atoms with Gasteiger partial charge in [-0.25, -0.2) is 0 Å². The average molecular weight is 459 g/mol. The highest BCUT2D eigenvalue weighted by Crippen LogP contribution is 2.20. The van der Waals surface area contributed by atoms with Crippen molar-refractivity contribution in [2.45, 2.75) is 13.0 Å². The van der Waals surface area contributed by atoms with Crippen LogP contribution in [-0.4, -0.2) is 17.6 Å². The summed E-state index contributed by atoms with van der Waals surface area (Å²) in [5, 5.41) is 6.93. The van der Waals surface area contributed by atoms with E-state index in [9.17, 15) is 4.79 Å². The molecule has 0 unspecified atom stereocenters. The molecule has 0 saturated heterocycles. The molecule has 4 nitrogen and oxygen atoms in total. The van der Waals surface area contributed by atoms with E-state index in [0.29, 0.717) is 34.5 Å². The van der Waals surface area contributed by atoms with Crippen LogP contribution in [0.3, 0.4) is 0 Å². The molecule has 1 amide bonds. The number of ether oxygens (including phenoxy) is 1. The predicted molar refractivity (Wildman–Crippen MR) is 125 cm³/mol. The first-order valence-electron chi connectivity index (χ1n) is 9.31. The van der Waals surface area contributed by atoms with E-state index in [1.807, 2.05) is 18.2 Å². The van der Waals surface area contributed by atoms with E-state index >= 15 is 0 Å². The predicted octanol–water partition coefficient (Wildman–Crippen LogP) is 5.42. The smallest absolute Gasteiger partial charge is 0.257 e. The second kappa shape index (κ2) is 11.0. The van der Waals surface area contributed by atoms with E-state index < -0.39 is 0 Å². The molecule has 7 heteroatoms. The van der Waals surface area contributed by atoms with Gasteiger partial charge in [-0.2, -0.15) is 0 Å². The maximum atomic E-state index is 12.4. The van der Waals surface area contributed by atoms with Gasteiger partial charge < -0.3 is 10.1 Å². The lowest BCUT2D eigenvalue weighted by molar-refractivity contribution is 0.0976. The summed E-state index contributed by atoms with van der Waals surface area (Å²) in [6.45, 7) is 0.945. The summed E-state index contributed by atoms with van der Waals surface area (Å²) in [4.78, 5) is 12.4. The van der Waals surface area contributed by atoms with E-state index in [1.165, 1.54) is 5.56 Å².